The fourth-order valence-electron chi connectivity index (χ4n) is 5.65. The Kier molecular flexibility index (Phi) is 7.62. The van der Waals surface area contributed by atoms with E-state index in [1.165, 1.54) is 37.2 Å². The summed E-state index contributed by atoms with van der Waals surface area (Å²) in [6, 6.07) is 9.39. The molecule has 0 saturated carbocycles. The van der Waals surface area contributed by atoms with Gasteiger partial charge in [-0.2, -0.15) is 18.3 Å². The van der Waals surface area contributed by atoms with Crippen molar-refractivity contribution < 1.29 is 26.7 Å². The quantitative estimate of drug-likeness (QED) is 0.211. The topological polar surface area (TPSA) is 90.8 Å². The molecule has 1 aliphatic heterocycles. The number of amides is 1. The van der Waals surface area contributed by atoms with Crippen LogP contribution < -0.4 is 5.56 Å². The van der Waals surface area contributed by atoms with Gasteiger partial charge < -0.3 is 9.47 Å². The number of imidazole rings is 1. The van der Waals surface area contributed by atoms with Crippen LogP contribution in [0.1, 0.15) is 45.5 Å². The lowest BCUT2D eigenvalue weighted by Gasteiger charge is -2.34. The van der Waals surface area contributed by atoms with Crippen molar-refractivity contribution in [3.8, 4) is 11.6 Å². The zero-order chi connectivity index (χ0) is 32.4. The SMILES string of the molecule is Cc1cc(C)n(-c2nc3c(c(=O)n2-c2ccc4c(c2)ncn4CC(F)F)CC(C)N(C(=O)c2ccc(Br)c(C(F)(F)F)c2)C3)n1. The zero-order valence-electron chi connectivity index (χ0n) is 24.1. The molecule has 0 spiro atoms. The minimum absolute atomic E-state index is 0.0955. The van der Waals surface area contributed by atoms with Crippen LogP contribution in [0.4, 0.5) is 22.0 Å². The maximum atomic E-state index is 14.2. The van der Waals surface area contributed by atoms with E-state index >= 15 is 0 Å². The van der Waals surface area contributed by atoms with Crippen LogP contribution in [0.5, 0.6) is 0 Å². The number of hydrogen-bond acceptors (Lipinski definition) is 5. The van der Waals surface area contributed by atoms with Crippen molar-refractivity contribution in [2.24, 2.45) is 0 Å². The molecule has 4 heterocycles. The molecule has 5 aromatic rings. The van der Waals surface area contributed by atoms with E-state index in [1.807, 2.05) is 0 Å². The number of aromatic nitrogens is 6. The van der Waals surface area contributed by atoms with Crippen molar-refractivity contribution in [3.63, 3.8) is 0 Å². The van der Waals surface area contributed by atoms with E-state index in [1.54, 1.807) is 45.0 Å². The summed E-state index contributed by atoms with van der Waals surface area (Å²) in [4.78, 5) is 38.2. The predicted molar refractivity (Wildman–Crippen MR) is 158 cm³/mol. The summed E-state index contributed by atoms with van der Waals surface area (Å²) in [5, 5.41) is 4.51. The van der Waals surface area contributed by atoms with Gasteiger partial charge in [0.15, 0.2) is 0 Å². The molecule has 9 nitrogen and oxygen atoms in total. The third kappa shape index (κ3) is 5.53. The fourth-order valence-corrected chi connectivity index (χ4v) is 6.12. The minimum Gasteiger partial charge on any atom is -0.330 e. The van der Waals surface area contributed by atoms with E-state index in [-0.39, 0.29) is 29.0 Å². The molecule has 0 saturated heterocycles. The Morgan fingerprint density at radius 3 is 2.53 bits per heavy atom. The van der Waals surface area contributed by atoms with Gasteiger partial charge in [0.2, 0.25) is 5.95 Å². The number of carbonyl (C=O) groups excluding carboxylic acids is 1. The number of rotatable bonds is 5. The van der Waals surface area contributed by atoms with Crippen LogP contribution in [0, 0.1) is 13.8 Å². The predicted octanol–water partition coefficient (Wildman–Crippen LogP) is 6.02. The zero-order valence-corrected chi connectivity index (χ0v) is 25.7. The summed E-state index contributed by atoms with van der Waals surface area (Å²) >= 11 is 2.90. The number of alkyl halides is 5. The summed E-state index contributed by atoms with van der Waals surface area (Å²) in [5.74, 6) is -0.504. The van der Waals surface area contributed by atoms with Gasteiger partial charge in [-0.3, -0.25) is 9.59 Å². The highest BCUT2D eigenvalue weighted by Gasteiger charge is 2.36. The van der Waals surface area contributed by atoms with Crippen LogP contribution in [0.3, 0.4) is 0 Å². The highest BCUT2D eigenvalue weighted by atomic mass is 79.9. The van der Waals surface area contributed by atoms with E-state index < -0.39 is 42.2 Å². The van der Waals surface area contributed by atoms with Crippen molar-refractivity contribution in [3.05, 3.63) is 97.4 Å². The average Bonchev–Trinajstić information content (AvgIpc) is 3.52. The molecular formula is C30H25BrF5N7O2. The maximum Gasteiger partial charge on any atom is 0.417 e. The number of hydrogen-bond donors (Lipinski definition) is 0. The normalized spacial score (nSPS) is 15.2. The van der Waals surface area contributed by atoms with E-state index in [2.05, 4.69) is 26.0 Å². The van der Waals surface area contributed by atoms with E-state index in [9.17, 15) is 31.5 Å². The molecule has 0 bridgehead atoms. The molecule has 1 amide bonds. The molecule has 0 aliphatic carbocycles. The van der Waals surface area contributed by atoms with Crippen molar-refractivity contribution in [2.45, 2.75) is 58.9 Å². The molecule has 3 aromatic heterocycles. The van der Waals surface area contributed by atoms with Crippen LogP contribution in [0.15, 0.2) is 58.1 Å². The summed E-state index contributed by atoms with van der Waals surface area (Å²) in [6.07, 6.45) is -5.83. The largest absolute Gasteiger partial charge is 0.417 e. The Bertz CT molecular complexity index is 2030. The molecule has 1 atom stereocenters. The highest BCUT2D eigenvalue weighted by Crippen LogP contribution is 2.36. The molecule has 0 fully saturated rings. The Morgan fingerprint density at radius 2 is 1.87 bits per heavy atom. The first-order chi connectivity index (χ1) is 21.2. The second-order valence-corrected chi connectivity index (χ2v) is 11.8. The first kappa shape index (κ1) is 30.6. The molecule has 234 valence electrons. The number of nitrogens with zero attached hydrogens (tertiary/aromatic N) is 7. The van der Waals surface area contributed by atoms with Crippen LogP contribution in [-0.2, 0) is 25.7 Å². The van der Waals surface area contributed by atoms with Gasteiger partial charge in [0, 0.05) is 27.3 Å². The first-order valence-corrected chi connectivity index (χ1v) is 14.6. The maximum absolute atomic E-state index is 14.2. The van der Waals surface area contributed by atoms with Gasteiger partial charge in [-0.05, 0) is 69.7 Å². The number of fused-ring (bicyclic) bond motifs is 2. The summed E-state index contributed by atoms with van der Waals surface area (Å²) in [5.41, 5.74) is 1.67. The molecule has 1 unspecified atom stereocenters. The van der Waals surface area contributed by atoms with Gasteiger partial charge in [0.25, 0.3) is 17.9 Å². The molecule has 2 aromatic carbocycles. The molecule has 15 heteroatoms. The molecule has 1 aliphatic rings. The standard InChI is InChI=1S/C30H25BrF5N7O2/c1-15-8-17(3)43(39-15)29-38-24-12-41(27(44)18-4-6-22(31)21(10-18)30(34,35)36)16(2)9-20(24)28(45)42(29)19-5-7-25-23(11-19)37-14-40(25)13-26(32)33/h4-8,10-11,14,16,26H,9,12-13H2,1-3H3. The van der Waals surface area contributed by atoms with Gasteiger partial charge in [-0.25, -0.2) is 28.0 Å². The van der Waals surface area contributed by atoms with E-state index in [0.717, 1.165) is 6.07 Å². The lowest BCUT2D eigenvalue weighted by atomic mass is 9.98. The highest BCUT2D eigenvalue weighted by molar-refractivity contribution is 9.10. The average molecular weight is 690 g/mol. The monoisotopic (exact) mass is 689 g/mol. The van der Waals surface area contributed by atoms with Gasteiger partial charge >= 0.3 is 6.18 Å². The van der Waals surface area contributed by atoms with E-state index in [0.29, 0.717) is 39.4 Å². The molecule has 0 N–H and O–H groups in total. The van der Waals surface area contributed by atoms with Crippen molar-refractivity contribution in [1.29, 1.82) is 0 Å². The van der Waals surface area contributed by atoms with Crippen LogP contribution >= 0.6 is 15.9 Å². The molecule has 45 heavy (non-hydrogen) atoms. The second kappa shape index (κ2) is 11.2. The van der Waals surface area contributed by atoms with Gasteiger partial charge in [0.05, 0.1) is 53.1 Å². The summed E-state index contributed by atoms with van der Waals surface area (Å²) in [7, 11) is 0. The molecule has 6 rings (SSSR count). The Hall–Kier alpha value is -4.40. The number of aryl methyl sites for hydroxylation is 2. The van der Waals surface area contributed by atoms with E-state index in [4.69, 9.17) is 4.98 Å². The van der Waals surface area contributed by atoms with Crippen LogP contribution in [-0.4, -0.2) is 52.2 Å². The van der Waals surface area contributed by atoms with Crippen molar-refractivity contribution >= 4 is 32.9 Å². The first-order valence-electron chi connectivity index (χ1n) is 13.8. The van der Waals surface area contributed by atoms with Gasteiger partial charge in [0.1, 0.15) is 0 Å². The summed E-state index contributed by atoms with van der Waals surface area (Å²) < 4.78 is 70.8. The number of carbonyl (C=O) groups is 1. The van der Waals surface area contributed by atoms with Crippen LogP contribution in [0.25, 0.3) is 22.7 Å². The van der Waals surface area contributed by atoms with Gasteiger partial charge in [-0.1, -0.05) is 15.9 Å². The van der Waals surface area contributed by atoms with Crippen molar-refractivity contribution in [1.82, 2.24) is 33.8 Å². The third-order valence-corrected chi connectivity index (χ3v) is 8.46. The number of halogens is 6. The third-order valence-electron chi connectivity index (χ3n) is 7.77. The molecule has 0 radical (unpaired) electrons. The second-order valence-electron chi connectivity index (χ2n) is 11.0. The fraction of sp³-hybridized carbons (Fsp3) is 0.300. The minimum atomic E-state index is -4.67. The Labute approximate surface area is 261 Å². The van der Waals surface area contributed by atoms with Crippen LogP contribution in [0.2, 0.25) is 0 Å². The summed E-state index contributed by atoms with van der Waals surface area (Å²) in [6.45, 7) is 4.63. The Balaban J connectivity index is 1.47. The lowest BCUT2D eigenvalue weighted by molar-refractivity contribution is -0.138. The number of benzene rings is 2. The lowest BCUT2D eigenvalue weighted by Crippen LogP contribution is -2.46. The molecular weight excluding hydrogens is 665 g/mol. The van der Waals surface area contributed by atoms with Crippen molar-refractivity contribution in [2.75, 3.05) is 0 Å². The smallest absolute Gasteiger partial charge is 0.330 e. The Morgan fingerprint density at radius 1 is 1.11 bits per heavy atom. The van der Waals surface area contributed by atoms with Gasteiger partial charge in [-0.15, -0.1) is 0 Å².